The van der Waals surface area contributed by atoms with E-state index in [0.29, 0.717) is 7.28 Å². The van der Waals surface area contributed by atoms with Gasteiger partial charge in [0, 0.05) is 6.07 Å². The molecule has 0 amide bonds. The zero-order chi connectivity index (χ0) is 15.0. The highest BCUT2D eigenvalue weighted by Crippen LogP contribution is 2.11. The first-order valence-electron chi connectivity index (χ1n) is 5.45. The molecule has 0 aliphatic carbocycles. The molecule has 0 atom stereocenters. The molecule has 0 spiro atoms. The fraction of sp³-hybridized carbons (Fsp3) is 0.0769. The molecule has 0 aliphatic heterocycles. The van der Waals surface area contributed by atoms with Crippen molar-refractivity contribution in [3.63, 3.8) is 0 Å². The van der Waals surface area contributed by atoms with Crippen LogP contribution in [0.4, 0.5) is 26.3 Å². The minimum Gasteiger partial charge on any atom is -0.208 e. The molecule has 0 aromatic heterocycles. The van der Waals surface area contributed by atoms with Gasteiger partial charge in [0.05, 0.1) is 0 Å². The lowest BCUT2D eigenvalue weighted by Gasteiger charge is -2.09. The van der Waals surface area contributed by atoms with Gasteiger partial charge in [-0.1, -0.05) is 6.07 Å². The normalized spacial score (nSPS) is 10.8. The number of hydrogen-bond donors (Lipinski definition) is 0. The van der Waals surface area contributed by atoms with Crippen LogP contribution in [0.3, 0.4) is 0 Å². The molecule has 2 rings (SSSR count). The van der Waals surface area contributed by atoms with Crippen molar-refractivity contribution in [3.8, 4) is 0 Å². The third-order valence-corrected chi connectivity index (χ3v) is 2.75. The van der Waals surface area contributed by atoms with E-state index < -0.39 is 45.8 Å². The smallest absolute Gasteiger partial charge is 0.207 e. The first kappa shape index (κ1) is 14.5. The minimum absolute atomic E-state index is 0.0188. The Balaban J connectivity index is 2.59. The summed E-state index contributed by atoms with van der Waals surface area (Å²) in [6.07, 6.45) is 0. The van der Waals surface area contributed by atoms with Crippen molar-refractivity contribution in [2.75, 3.05) is 0 Å². The van der Waals surface area contributed by atoms with E-state index in [-0.39, 0.29) is 11.6 Å². The number of rotatable bonds is 2. The van der Waals surface area contributed by atoms with Crippen molar-refractivity contribution in [2.24, 2.45) is 0 Å². The number of hydrogen-bond acceptors (Lipinski definition) is 0. The minimum atomic E-state index is -1.72. The highest BCUT2D eigenvalue weighted by Gasteiger charge is 2.23. The van der Waals surface area contributed by atoms with E-state index in [2.05, 4.69) is 0 Å². The van der Waals surface area contributed by atoms with Gasteiger partial charge >= 0.3 is 0 Å². The van der Waals surface area contributed by atoms with Crippen LogP contribution in [-0.2, 0) is 0 Å². The molecule has 20 heavy (non-hydrogen) atoms. The van der Waals surface area contributed by atoms with Crippen molar-refractivity contribution in [3.05, 3.63) is 58.7 Å². The topological polar surface area (TPSA) is 0 Å². The SMILES string of the molecule is Cc1ccc(F)c([B]c2c(F)c(F)cc(F)c2F)c1F. The van der Waals surface area contributed by atoms with Gasteiger partial charge in [-0.2, -0.15) is 0 Å². The molecule has 1 radical (unpaired) electrons. The summed E-state index contributed by atoms with van der Waals surface area (Å²) in [5.41, 5.74) is -1.92. The standard InChI is InChI=1S/C13H6BF6/c1-5-2-3-6(15)9(11(5)18)14-10-12(19)7(16)4-8(17)13(10)20/h2-4H,1H3. The van der Waals surface area contributed by atoms with Crippen LogP contribution in [0, 0.1) is 41.8 Å². The second-order valence-electron chi connectivity index (χ2n) is 4.12. The molecule has 2 aromatic rings. The van der Waals surface area contributed by atoms with E-state index in [1.54, 1.807) is 0 Å². The van der Waals surface area contributed by atoms with E-state index in [0.717, 1.165) is 12.1 Å². The van der Waals surface area contributed by atoms with Crippen LogP contribution < -0.4 is 10.9 Å². The molecule has 103 valence electrons. The highest BCUT2D eigenvalue weighted by molar-refractivity contribution is 6.67. The van der Waals surface area contributed by atoms with Crippen molar-refractivity contribution < 1.29 is 26.3 Å². The fourth-order valence-electron chi connectivity index (χ4n) is 1.67. The highest BCUT2D eigenvalue weighted by atomic mass is 19.2. The van der Waals surface area contributed by atoms with Crippen molar-refractivity contribution in [1.82, 2.24) is 0 Å². The summed E-state index contributed by atoms with van der Waals surface area (Å²) in [5.74, 6) is -8.90. The molecule has 0 saturated heterocycles. The molecule has 0 aliphatic rings. The summed E-state index contributed by atoms with van der Waals surface area (Å²) in [7, 11) is 0.397. The monoisotopic (exact) mass is 287 g/mol. The van der Waals surface area contributed by atoms with Gasteiger partial charge in [0.25, 0.3) is 0 Å². The Bertz CT molecular complexity index is 657. The van der Waals surface area contributed by atoms with Gasteiger partial charge in [-0.25, -0.2) is 26.3 Å². The molecule has 0 heterocycles. The summed E-state index contributed by atoms with van der Waals surface area (Å²) in [5, 5.41) is 0. The zero-order valence-corrected chi connectivity index (χ0v) is 10.1. The largest absolute Gasteiger partial charge is 0.208 e. The molecular formula is C13H6BF6. The van der Waals surface area contributed by atoms with Crippen LogP contribution in [-0.4, -0.2) is 7.28 Å². The van der Waals surface area contributed by atoms with Gasteiger partial charge in [-0.15, -0.1) is 0 Å². The first-order valence-corrected chi connectivity index (χ1v) is 5.45. The lowest BCUT2D eigenvalue weighted by Crippen LogP contribution is -2.38. The Kier molecular flexibility index (Phi) is 3.79. The molecule has 0 unspecified atom stereocenters. The molecular weight excluding hydrogens is 281 g/mol. The van der Waals surface area contributed by atoms with E-state index in [1.807, 2.05) is 0 Å². The van der Waals surface area contributed by atoms with E-state index in [4.69, 9.17) is 0 Å². The first-order chi connectivity index (χ1) is 9.32. The van der Waals surface area contributed by atoms with Crippen LogP contribution in [0.15, 0.2) is 18.2 Å². The maximum absolute atomic E-state index is 13.7. The summed E-state index contributed by atoms with van der Waals surface area (Å²) < 4.78 is 80.1. The Morgan fingerprint density at radius 1 is 0.700 bits per heavy atom. The number of halogens is 6. The number of benzene rings is 2. The summed E-state index contributed by atoms with van der Waals surface area (Å²) in [6, 6.07) is 2.03. The Morgan fingerprint density at radius 2 is 1.25 bits per heavy atom. The second-order valence-corrected chi connectivity index (χ2v) is 4.12. The van der Waals surface area contributed by atoms with Crippen LogP contribution in [0.1, 0.15) is 5.56 Å². The Hall–Kier alpha value is -1.92. The molecule has 2 aromatic carbocycles. The van der Waals surface area contributed by atoms with Gasteiger partial charge in [0.15, 0.2) is 23.3 Å². The average Bonchev–Trinajstić information content (AvgIpc) is 2.40. The van der Waals surface area contributed by atoms with E-state index >= 15 is 0 Å². The van der Waals surface area contributed by atoms with E-state index in [1.165, 1.54) is 6.92 Å². The lowest BCUT2D eigenvalue weighted by atomic mass is 9.62. The predicted octanol–water partition coefficient (Wildman–Crippen LogP) is 2.48. The summed E-state index contributed by atoms with van der Waals surface area (Å²) >= 11 is 0. The molecule has 0 fully saturated rings. The molecule has 0 nitrogen and oxygen atoms in total. The van der Waals surface area contributed by atoms with Crippen molar-refractivity contribution >= 4 is 18.2 Å². The third-order valence-electron chi connectivity index (χ3n) is 2.75. The molecule has 0 N–H and O–H groups in total. The van der Waals surface area contributed by atoms with Crippen LogP contribution in [0.25, 0.3) is 0 Å². The number of aryl methyl sites for hydroxylation is 1. The van der Waals surface area contributed by atoms with Gasteiger partial charge in [-0.3, -0.25) is 0 Å². The maximum atomic E-state index is 13.7. The van der Waals surface area contributed by atoms with E-state index in [9.17, 15) is 26.3 Å². The fourth-order valence-corrected chi connectivity index (χ4v) is 1.67. The van der Waals surface area contributed by atoms with Crippen molar-refractivity contribution in [2.45, 2.75) is 6.92 Å². The van der Waals surface area contributed by atoms with Gasteiger partial charge < -0.3 is 0 Å². The Morgan fingerprint density at radius 3 is 1.80 bits per heavy atom. The summed E-state index contributed by atoms with van der Waals surface area (Å²) in [6.45, 7) is 1.31. The third kappa shape index (κ3) is 2.40. The quantitative estimate of drug-likeness (QED) is 0.452. The average molecular weight is 287 g/mol. The lowest BCUT2D eigenvalue weighted by molar-refractivity contribution is 0.463. The molecule has 0 bridgehead atoms. The van der Waals surface area contributed by atoms with Crippen molar-refractivity contribution in [1.29, 1.82) is 0 Å². The van der Waals surface area contributed by atoms with Crippen LogP contribution >= 0.6 is 0 Å². The van der Waals surface area contributed by atoms with Gasteiger partial charge in [-0.05, 0) is 29.5 Å². The molecule has 0 saturated carbocycles. The summed E-state index contributed by atoms with van der Waals surface area (Å²) in [4.78, 5) is 0. The van der Waals surface area contributed by atoms with Gasteiger partial charge in [0.1, 0.15) is 11.6 Å². The second kappa shape index (κ2) is 5.23. The maximum Gasteiger partial charge on any atom is 0.207 e. The Labute approximate surface area is 111 Å². The van der Waals surface area contributed by atoms with Gasteiger partial charge in [0.2, 0.25) is 7.28 Å². The predicted molar refractivity (Wildman–Crippen MR) is 62.4 cm³/mol. The van der Waals surface area contributed by atoms with Crippen LogP contribution in [0.5, 0.6) is 0 Å². The zero-order valence-electron chi connectivity index (χ0n) is 10.1. The molecule has 7 heteroatoms. The van der Waals surface area contributed by atoms with Crippen LogP contribution in [0.2, 0.25) is 0 Å².